The summed E-state index contributed by atoms with van der Waals surface area (Å²) < 4.78 is 0. The Hall–Kier alpha value is -2.55. The van der Waals surface area contributed by atoms with E-state index in [0.717, 1.165) is 17.7 Å². The lowest BCUT2D eigenvalue weighted by Gasteiger charge is -2.38. The number of allylic oxidation sites excluding steroid dienone is 2. The number of carboxylic acids is 1. The molecule has 0 spiro atoms. The van der Waals surface area contributed by atoms with Crippen LogP contribution in [0.25, 0.3) is 0 Å². The molecule has 1 aliphatic carbocycles. The molecule has 0 amide bonds. The van der Waals surface area contributed by atoms with Gasteiger partial charge in [0.05, 0.1) is 17.3 Å². The number of carbonyl (C=O) groups is 1. The summed E-state index contributed by atoms with van der Waals surface area (Å²) >= 11 is 0. The predicted molar refractivity (Wildman–Crippen MR) is 86.2 cm³/mol. The van der Waals surface area contributed by atoms with Crippen LogP contribution >= 0.6 is 0 Å². The van der Waals surface area contributed by atoms with Crippen molar-refractivity contribution < 1.29 is 9.90 Å². The van der Waals surface area contributed by atoms with Crippen molar-refractivity contribution in [2.75, 3.05) is 5.32 Å². The number of nitrogens with one attached hydrogen (secondary N) is 1. The SMILES string of the molecule is O=C(O)c1cccc2c1N[C@H](c1ccccc1)[C@H]1CC=C[C@H]21. The Balaban J connectivity index is 1.85. The van der Waals surface area contributed by atoms with E-state index in [1.807, 2.05) is 30.3 Å². The summed E-state index contributed by atoms with van der Waals surface area (Å²) in [6.45, 7) is 0. The molecule has 2 N–H and O–H groups in total. The highest BCUT2D eigenvalue weighted by molar-refractivity contribution is 5.95. The van der Waals surface area contributed by atoms with Crippen LogP contribution in [0.15, 0.2) is 60.7 Å². The van der Waals surface area contributed by atoms with E-state index in [1.54, 1.807) is 6.07 Å². The number of hydrogen-bond acceptors (Lipinski definition) is 2. The summed E-state index contributed by atoms with van der Waals surface area (Å²) in [5, 5.41) is 13.0. The number of hydrogen-bond donors (Lipinski definition) is 2. The van der Waals surface area contributed by atoms with E-state index < -0.39 is 5.97 Å². The maximum atomic E-state index is 11.6. The molecule has 1 aliphatic heterocycles. The van der Waals surface area contributed by atoms with Gasteiger partial charge in [0.1, 0.15) is 0 Å². The van der Waals surface area contributed by atoms with Crippen LogP contribution in [-0.2, 0) is 0 Å². The minimum absolute atomic E-state index is 0.147. The summed E-state index contributed by atoms with van der Waals surface area (Å²) in [5.74, 6) is -0.142. The molecular formula is C19H17NO2. The van der Waals surface area contributed by atoms with Crippen LogP contribution < -0.4 is 5.32 Å². The Kier molecular flexibility index (Phi) is 3.00. The third-order valence-electron chi connectivity index (χ3n) is 4.79. The van der Waals surface area contributed by atoms with Gasteiger partial charge < -0.3 is 10.4 Å². The molecule has 0 saturated heterocycles. The standard InChI is InChI=1S/C19H17NO2/c21-19(22)16-11-5-10-15-13-8-4-9-14(13)17(20-18(15)16)12-6-2-1-3-7-12/h1-8,10-11,13-14,17,20H,9H2,(H,21,22)/t13-,14-,17+/m0/s1. The minimum Gasteiger partial charge on any atom is -0.478 e. The normalized spacial score (nSPS) is 25.2. The van der Waals surface area contributed by atoms with Crippen molar-refractivity contribution in [2.45, 2.75) is 18.4 Å². The van der Waals surface area contributed by atoms with Gasteiger partial charge in [0.2, 0.25) is 0 Å². The molecule has 22 heavy (non-hydrogen) atoms. The summed E-state index contributed by atoms with van der Waals surface area (Å²) in [4.78, 5) is 11.6. The Morgan fingerprint density at radius 2 is 1.91 bits per heavy atom. The second-order valence-electron chi connectivity index (χ2n) is 5.96. The largest absolute Gasteiger partial charge is 0.478 e. The molecule has 0 aromatic heterocycles. The predicted octanol–water partition coefficient (Wildman–Crippen LogP) is 4.21. The zero-order valence-electron chi connectivity index (χ0n) is 12.1. The fourth-order valence-electron chi connectivity index (χ4n) is 3.79. The van der Waals surface area contributed by atoms with Gasteiger partial charge in [-0.1, -0.05) is 54.6 Å². The monoisotopic (exact) mass is 291 g/mol. The molecule has 2 aromatic carbocycles. The van der Waals surface area contributed by atoms with Crippen molar-refractivity contribution in [3.63, 3.8) is 0 Å². The molecule has 0 fully saturated rings. The van der Waals surface area contributed by atoms with Crippen molar-refractivity contribution in [3.8, 4) is 0 Å². The van der Waals surface area contributed by atoms with E-state index in [-0.39, 0.29) is 6.04 Å². The summed E-state index contributed by atoms with van der Waals surface area (Å²) in [5.41, 5.74) is 3.45. The molecule has 2 aliphatic rings. The molecule has 3 nitrogen and oxygen atoms in total. The molecule has 3 atom stereocenters. The lowest BCUT2D eigenvalue weighted by molar-refractivity contribution is 0.0697. The molecule has 4 rings (SSSR count). The first-order valence-electron chi connectivity index (χ1n) is 7.60. The third-order valence-corrected chi connectivity index (χ3v) is 4.79. The van der Waals surface area contributed by atoms with Crippen LogP contribution in [-0.4, -0.2) is 11.1 Å². The van der Waals surface area contributed by atoms with Crippen molar-refractivity contribution in [1.29, 1.82) is 0 Å². The number of carboxylic acid groups (broad SMARTS) is 1. The Morgan fingerprint density at radius 3 is 2.68 bits per heavy atom. The maximum Gasteiger partial charge on any atom is 0.337 e. The minimum atomic E-state index is -0.878. The van der Waals surface area contributed by atoms with E-state index in [1.165, 1.54) is 5.56 Å². The maximum absolute atomic E-state index is 11.6. The first-order valence-corrected chi connectivity index (χ1v) is 7.60. The van der Waals surface area contributed by atoms with Gasteiger partial charge >= 0.3 is 5.97 Å². The third kappa shape index (κ3) is 1.93. The molecule has 1 heterocycles. The van der Waals surface area contributed by atoms with E-state index >= 15 is 0 Å². The van der Waals surface area contributed by atoms with Crippen molar-refractivity contribution in [1.82, 2.24) is 0 Å². The second kappa shape index (κ2) is 5.02. The van der Waals surface area contributed by atoms with E-state index in [2.05, 4.69) is 29.6 Å². The topological polar surface area (TPSA) is 49.3 Å². The van der Waals surface area contributed by atoms with Gasteiger partial charge in [0.15, 0.2) is 0 Å². The lowest BCUT2D eigenvalue weighted by Crippen LogP contribution is -2.30. The molecule has 0 saturated carbocycles. The Bertz CT molecular complexity index is 751. The molecule has 0 unspecified atom stereocenters. The number of rotatable bonds is 2. The summed E-state index contributed by atoms with van der Waals surface area (Å²) in [6.07, 6.45) is 5.47. The lowest BCUT2D eigenvalue weighted by atomic mass is 9.76. The zero-order chi connectivity index (χ0) is 15.1. The first-order chi connectivity index (χ1) is 10.8. The quantitative estimate of drug-likeness (QED) is 0.815. The average Bonchev–Trinajstić information content (AvgIpc) is 3.04. The van der Waals surface area contributed by atoms with Crippen LogP contribution in [0.4, 0.5) is 5.69 Å². The molecule has 2 aromatic rings. The van der Waals surface area contributed by atoms with E-state index in [0.29, 0.717) is 17.4 Å². The average molecular weight is 291 g/mol. The van der Waals surface area contributed by atoms with Crippen molar-refractivity contribution in [2.24, 2.45) is 5.92 Å². The second-order valence-corrected chi connectivity index (χ2v) is 5.96. The fraction of sp³-hybridized carbons (Fsp3) is 0.211. The van der Waals surface area contributed by atoms with Crippen LogP contribution in [0.3, 0.4) is 0 Å². The van der Waals surface area contributed by atoms with Gasteiger partial charge in [-0.15, -0.1) is 0 Å². The van der Waals surface area contributed by atoms with Crippen molar-refractivity contribution >= 4 is 11.7 Å². The van der Waals surface area contributed by atoms with Gasteiger partial charge in [-0.05, 0) is 29.5 Å². The highest BCUT2D eigenvalue weighted by Gasteiger charge is 2.39. The van der Waals surface area contributed by atoms with Crippen LogP contribution in [0.5, 0.6) is 0 Å². The fourth-order valence-corrected chi connectivity index (χ4v) is 3.79. The molecule has 3 heteroatoms. The smallest absolute Gasteiger partial charge is 0.337 e. The molecule has 0 bridgehead atoms. The number of fused-ring (bicyclic) bond motifs is 3. The summed E-state index contributed by atoms with van der Waals surface area (Å²) in [7, 11) is 0. The highest BCUT2D eigenvalue weighted by atomic mass is 16.4. The number of anilines is 1. The van der Waals surface area contributed by atoms with E-state index in [9.17, 15) is 9.90 Å². The van der Waals surface area contributed by atoms with Crippen LogP contribution in [0.2, 0.25) is 0 Å². The van der Waals surface area contributed by atoms with Gasteiger partial charge in [-0.3, -0.25) is 0 Å². The number of benzene rings is 2. The molecular weight excluding hydrogens is 274 g/mol. The van der Waals surface area contributed by atoms with Gasteiger partial charge in [0.25, 0.3) is 0 Å². The van der Waals surface area contributed by atoms with E-state index in [4.69, 9.17) is 0 Å². The first kappa shape index (κ1) is 13.1. The van der Waals surface area contributed by atoms with Gasteiger partial charge in [-0.2, -0.15) is 0 Å². The molecule has 0 radical (unpaired) electrons. The number of aromatic carboxylic acids is 1. The van der Waals surface area contributed by atoms with Gasteiger partial charge in [-0.25, -0.2) is 4.79 Å². The Labute approximate surface area is 129 Å². The zero-order valence-corrected chi connectivity index (χ0v) is 12.1. The van der Waals surface area contributed by atoms with Crippen LogP contribution in [0, 0.1) is 5.92 Å². The number of para-hydroxylation sites is 1. The van der Waals surface area contributed by atoms with Crippen molar-refractivity contribution in [3.05, 3.63) is 77.4 Å². The molecule has 110 valence electrons. The highest BCUT2D eigenvalue weighted by Crippen LogP contribution is 2.50. The van der Waals surface area contributed by atoms with Crippen LogP contribution in [0.1, 0.15) is 39.9 Å². The summed E-state index contributed by atoms with van der Waals surface area (Å²) in [6, 6.07) is 16.0. The van der Waals surface area contributed by atoms with Gasteiger partial charge in [0, 0.05) is 5.92 Å². The Morgan fingerprint density at radius 1 is 1.09 bits per heavy atom.